The third kappa shape index (κ3) is 7.27. The van der Waals surface area contributed by atoms with Crippen LogP contribution in [0.1, 0.15) is 27.3 Å². The highest BCUT2D eigenvalue weighted by Gasteiger charge is 2.31. The molecule has 0 bridgehead atoms. The van der Waals surface area contributed by atoms with E-state index in [0.717, 1.165) is 34.4 Å². The van der Waals surface area contributed by atoms with E-state index in [2.05, 4.69) is 36.8 Å². The van der Waals surface area contributed by atoms with Gasteiger partial charge in [0.2, 0.25) is 5.91 Å². The van der Waals surface area contributed by atoms with Crippen molar-refractivity contribution >= 4 is 62.5 Å². The zero-order chi connectivity index (χ0) is 30.6. The molecule has 0 saturated carbocycles. The van der Waals surface area contributed by atoms with Gasteiger partial charge in [0.1, 0.15) is 0 Å². The Morgan fingerprint density at radius 1 is 1.12 bits per heavy atom. The van der Waals surface area contributed by atoms with Crippen molar-refractivity contribution in [2.24, 2.45) is 0 Å². The second-order valence-corrected chi connectivity index (χ2v) is 10.9. The van der Waals surface area contributed by atoms with Crippen LogP contribution < -0.4 is 10.6 Å². The Balaban J connectivity index is 1.53. The van der Waals surface area contributed by atoms with E-state index in [-0.39, 0.29) is 50.8 Å². The van der Waals surface area contributed by atoms with E-state index in [1.165, 1.54) is 25.1 Å². The lowest BCUT2D eigenvalue weighted by Crippen LogP contribution is -2.25. The van der Waals surface area contributed by atoms with Gasteiger partial charge in [0.05, 0.1) is 33.5 Å². The fraction of sp³-hybridized carbons (Fsp3) is 0.154. The number of hydrogen-bond donors (Lipinski definition) is 2. The van der Waals surface area contributed by atoms with Crippen LogP contribution in [0.2, 0.25) is 5.02 Å². The van der Waals surface area contributed by atoms with Gasteiger partial charge in [-0.05, 0) is 55.5 Å². The summed E-state index contributed by atoms with van der Waals surface area (Å²) in [6.45, 7) is 1.36. The molecule has 0 aliphatic heterocycles. The number of nitrogens with zero attached hydrogens (tertiary/aromatic N) is 4. The molecule has 4 rings (SSSR count). The Morgan fingerprint density at radius 2 is 1.83 bits per heavy atom. The molecule has 42 heavy (non-hydrogen) atoms. The lowest BCUT2D eigenvalue weighted by atomic mass is 10.1. The fourth-order valence-corrected chi connectivity index (χ4v) is 4.99. The second-order valence-electron chi connectivity index (χ2n) is 8.63. The largest absolute Gasteiger partial charge is 0.416 e. The number of hydrogen-bond acceptors (Lipinski definition) is 7. The van der Waals surface area contributed by atoms with Crippen LogP contribution in [0.3, 0.4) is 0 Å². The SMILES string of the molecule is Cc1c(C(=O)NCc2nnc(SCC(=O)Nc3cc(C(F)(F)F)ccc3Cl)n2-c2ccc(Br)cc2)cccc1[N+](=O)[O-]. The smallest absolute Gasteiger partial charge is 0.345 e. The van der Waals surface area contributed by atoms with E-state index >= 15 is 0 Å². The molecule has 2 N–H and O–H groups in total. The minimum Gasteiger partial charge on any atom is -0.345 e. The van der Waals surface area contributed by atoms with E-state index in [0.29, 0.717) is 5.69 Å². The zero-order valence-electron chi connectivity index (χ0n) is 21.4. The maximum atomic E-state index is 13.1. The zero-order valence-corrected chi connectivity index (χ0v) is 24.6. The third-order valence-electron chi connectivity index (χ3n) is 5.84. The first kappa shape index (κ1) is 31.0. The molecule has 1 aromatic heterocycles. The van der Waals surface area contributed by atoms with Crippen molar-refractivity contribution in [1.29, 1.82) is 0 Å². The van der Waals surface area contributed by atoms with Gasteiger partial charge in [0.25, 0.3) is 11.6 Å². The molecular formula is C26H19BrClF3N6O4S. The van der Waals surface area contributed by atoms with E-state index in [4.69, 9.17) is 11.6 Å². The van der Waals surface area contributed by atoms with E-state index in [9.17, 15) is 32.9 Å². The molecule has 0 fully saturated rings. The first-order valence-electron chi connectivity index (χ1n) is 11.9. The average Bonchev–Trinajstić information content (AvgIpc) is 3.34. The number of rotatable bonds is 9. The van der Waals surface area contributed by atoms with Gasteiger partial charge in [0.15, 0.2) is 11.0 Å². The Kier molecular flexibility index (Phi) is 9.53. The van der Waals surface area contributed by atoms with Crippen molar-refractivity contribution in [3.8, 4) is 5.69 Å². The molecule has 4 aromatic rings. The van der Waals surface area contributed by atoms with Crippen molar-refractivity contribution in [1.82, 2.24) is 20.1 Å². The number of thioether (sulfide) groups is 1. The molecule has 0 spiro atoms. The lowest BCUT2D eigenvalue weighted by Gasteiger charge is -2.13. The summed E-state index contributed by atoms with van der Waals surface area (Å²) < 4.78 is 41.6. The molecule has 0 atom stereocenters. The second kappa shape index (κ2) is 12.9. The molecule has 0 unspecified atom stereocenters. The summed E-state index contributed by atoms with van der Waals surface area (Å²) in [6, 6.07) is 13.8. The molecule has 0 radical (unpaired) electrons. The van der Waals surface area contributed by atoms with Gasteiger partial charge in [-0.25, -0.2) is 0 Å². The summed E-state index contributed by atoms with van der Waals surface area (Å²) in [7, 11) is 0. The highest BCUT2D eigenvalue weighted by Crippen LogP contribution is 2.34. The number of nitro benzene ring substituents is 1. The maximum Gasteiger partial charge on any atom is 0.416 e. The van der Waals surface area contributed by atoms with Crippen molar-refractivity contribution < 1.29 is 27.7 Å². The number of carbonyl (C=O) groups is 2. The van der Waals surface area contributed by atoms with Gasteiger partial charge in [-0.15, -0.1) is 10.2 Å². The van der Waals surface area contributed by atoms with Gasteiger partial charge in [-0.2, -0.15) is 13.2 Å². The summed E-state index contributed by atoms with van der Waals surface area (Å²) in [6.07, 6.45) is -4.61. The first-order valence-corrected chi connectivity index (χ1v) is 14.0. The Morgan fingerprint density at radius 3 is 2.50 bits per heavy atom. The summed E-state index contributed by atoms with van der Waals surface area (Å²) in [5.74, 6) is -1.16. The molecule has 2 amide bonds. The molecule has 0 saturated heterocycles. The molecule has 0 aliphatic rings. The number of alkyl halides is 3. The van der Waals surface area contributed by atoms with Crippen molar-refractivity contribution in [2.75, 3.05) is 11.1 Å². The Hall–Kier alpha value is -3.95. The number of amides is 2. The van der Waals surface area contributed by atoms with Crippen LogP contribution in [-0.4, -0.2) is 37.3 Å². The molecule has 3 aromatic carbocycles. The van der Waals surface area contributed by atoms with Crippen LogP contribution >= 0.6 is 39.3 Å². The van der Waals surface area contributed by atoms with Crippen LogP contribution in [0.5, 0.6) is 0 Å². The summed E-state index contributed by atoms with van der Waals surface area (Å²) >= 11 is 10.3. The highest BCUT2D eigenvalue weighted by atomic mass is 79.9. The van der Waals surface area contributed by atoms with Crippen LogP contribution in [0.15, 0.2) is 70.3 Å². The molecule has 0 aliphatic carbocycles. The van der Waals surface area contributed by atoms with Gasteiger partial charge >= 0.3 is 6.18 Å². The lowest BCUT2D eigenvalue weighted by molar-refractivity contribution is -0.385. The van der Waals surface area contributed by atoms with Crippen molar-refractivity contribution in [2.45, 2.75) is 24.8 Å². The van der Waals surface area contributed by atoms with Gasteiger partial charge in [0, 0.05) is 27.4 Å². The fourth-order valence-electron chi connectivity index (χ4n) is 3.79. The summed E-state index contributed by atoms with van der Waals surface area (Å²) in [5.41, 5.74) is -0.411. The highest BCUT2D eigenvalue weighted by molar-refractivity contribution is 9.10. The molecule has 218 valence electrons. The van der Waals surface area contributed by atoms with E-state index in [1.807, 2.05) is 0 Å². The number of anilines is 1. The van der Waals surface area contributed by atoms with Crippen LogP contribution in [0.4, 0.5) is 24.5 Å². The quantitative estimate of drug-likeness (QED) is 0.116. The van der Waals surface area contributed by atoms with E-state index in [1.54, 1.807) is 28.8 Å². The molecule has 1 heterocycles. The third-order valence-corrected chi connectivity index (χ3v) is 7.63. The van der Waals surface area contributed by atoms with Crippen molar-refractivity contribution in [3.05, 3.63) is 103 Å². The molecule has 16 heteroatoms. The number of nitrogens with one attached hydrogen (secondary N) is 2. The van der Waals surface area contributed by atoms with Crippen LogP contribution in [0, 0.1) is 17.0 Å². The number of carbonyl (C=O) groups excluding carboxylic acids is 2. The van der Waals surface area contributed by atoms with Gasteiger partial charge < -0.3 is 10.6 Å². The summed E-state index contributed by atoms with van der Waals surface area (Å²) in [5, 5.41) is 24.8. The van der Waals surface area contributed by atoms with E-state index < -0.39 is 28.5 Å². The Labute approximate surface area is 253 Å². The molecular weight excluding hydrogens is 665 g/mol. The predicted octanol–water partition coefficient (Wildman–Crippen LogP) is 6.58. The first-order chi connectivity index (χ1) is 19.8. The molecule has 10 nitrogen and oxygen atoms in total. The maximum absolute atomic E-state index is 13.1. The normalized spacial score (nSPS) is 11.3. The van der Waals surface area contributed by atoms with Gasteiger partial charge in [-0.3, -0.25) is 24.3 Å². The topological polar surface area (TPSA) is 132 Å². The number of aromatic nitrogens is 3. The minimum absolute atomic E-state index is 0.0589. The average molecular weight is 684 g/mol. The van der Waals surface area contributed by atoms with Gasteiger partial charge in [-0.1, -0.05) is 45.4 Å². The standard InChI is InChI=1S/C26H19BrClF3N6O4S/c1-14-18(3-2-4-21(14)37(40)41)24(39)32-12-22-34-35-25(36(22)17-8-6-16(27)7-9-17)42-13-23(38)33-20-11-15(26(29,30)31)5-10-19(20)28/h2-11H,12-13H2,1H3,(H,32,39)(H,33,38). The van der Waals surface area contributed by atoms with Crippen LogP contribution in [-0.2, 0) is 17.5 Å². The monoisotopic (exact) mass is 682 g/mol. The number of halogens is 5. The van der Waals surface area contributed by atoms with Crippen LogP contribution in [0.25, 0.3) is 5.69 Å². The number of nitro groups is 1. The number of benzene rings is 3. The Bertz CT molecular complexity index is 1670. The predicted molar refractivity (Wildman–Crippen MR) is 154 cm³/mol. The summed E-state index contributed by atoms with van der Waals surface area (Å²) in [4.78, 5) is 36.2. The minimum atomic E-state index is -4.61. The van der Waals surface area contributed by atoms with Crippen molar-refractivity contribution in [3.63, 3.8) is 0 Å².